The molecule has 0 aliphatic heterocycles. The molecule has 0 unspecified atom stereocenters. The van der Waals surface area contributed by atoms with Crippen LogP contribution in [-0.4, -0.2) is 12.7 Å². The average molecular weight is 418 g/mol. The van der Waals surface area contributed by atoms with E-state index in [0.717, 1.165) is 44.3 Å². The maximum Gasteiger partial charge on any atom is 0.0991 e. The van der Waals surface area contributed by atoms with Crippen LogP contribution < -0.4 is 0 Å². The zero-order chi connectivity index (χ0) is 22.5. The van der Waals surface area contributed by atoms with Gasteiger partial charge in [-0.3, -0.25) is 0 Å². The van der Waals surface area contributed by atoms with Crippen LogP contribution in [0.2, 0.25) is 0 Å². The third-order valence-corrected chi connectivity index (χ3v) is 5.61. The first-order valence-electron chi connectivity index (χ1n) is 11.9. The molecule has 166 valence electrons. The SMILES string of the molecule is CCCCCc1ccc(-c2ccc(C#N)cc2CCCC/C=C(\C)COC(C)C)cc1. The second kappa shape index (κ2) is 13.8. The van der Waals surface area contributed by atoms with Gasteiger partial charge in [-0.1, -0.05) is 61.7 Å². The lowest BCUT2D eigenvalue weighted by molar-refractivity contribution is 0.0971. The number of aryl methyl sites for hydroxylation is 2. The summed E-state index contributed by atoms with van der Waals surface area (Å²) in [5.41, 5.74) is 7.26. The number of benzene rings is 2. The van der Waals surface area contributed by atoms with Crippen molar-refractivity contribution < 1.29 is 4.74 Å². The molecule has 2 aromatic carbocycles. The summed E-state index contributed by atoms with van der Waals surface area (Å²) in [6.45, 7) is 9.25. The van der Waals surface area contributed by atoms with Gasteiger partial charge >= 0.3 is 0 Å². The summed E-state index contributed by atoms with van der Waals surface area (Å²) in [5.74, 6) is 0. The van der Waals surface area contributed by atoms with Crippen molar-refractivity contribution in [3.05, 3.63) is 70.8 Å². The van der Waals surface area contributed by atoms with Crippen LogP contribution in [0.1, 0.15) is 82.9 Å². The molecular formula is C29H39NO. The van der Waals surface area contributed by atoms with Crippen molar-refractivity contribution in [1.82, 2.24) is 0 Å². The summed E-state index contributed by atoms with van der Waals surface area (Å²) >= 11 is 0. The molecule has 2 aromatic rings. The van der Waals surface area contributed by atoms with Crippen molar-refractivity contribution in [3.63, 3.8) is 0 Å². The molecular weight excluding hydrogens is 378 g/mol. The van der Waals surface area contributed by atoms with Crippen LogP contribution in [0.5, 0.6) is 0 Å². The zero-order valence-electron chi connectivity index (χ0n) is 19.9. The molecule has 0 amide bonds. The summed E-state index contributed by atoms with van der Waals surface area (Å²) in [7, 11) is 0. The van der Waals surface area contributed by atoms with Crippen LogP contribution in [-0.2, 0) is 17.6 Å². The summed E-state index contributed by atoms with van der Waals surface area (Å²) < 4.78 is 5.66. The second-order valence-electron chi connectivity index (χ2n) is 8.79. The van der Waals surface area contributed by atoms with Gasteiger partial charge < -0.3 is 4.74 Å². The van der Waals surface area contributed by atoms with Crippen LogP contribution >= 0.6 is 0 Å². The van der Waals surface area contributed by atoms with E-state index in [2.05, 4.69) is 76.2 Å². The van der Waals surface area contributed by atoms with Gasteiger partial charge in [0.15, 0.2) is 0 Å². The van der Waals surface area contributed by atoms with Gasteiger partial charge in [0.2, 0.25) is 0 Å². The lowest BCUT2D eigenvalue weighted by atomic mass is 9.93. The molecule has 0 bridgehead atoms. The third-order valence-electron chi connectivity index (χ3n) is 5.61. The normalized spacial score (nSPS) is 11.7. The quantitative estimate of drug-likeness (QED) is 0.244. The van der Waals surface area contributed by atoms with Crippen molar-refractivity contribution >= 4 is 0 Å². The first-order chi connectivity index (χ1) is 15.0. The van der Waals surface area contributed by atoms with E-state index >= 15 is 0 Å². The average Bonchev–Trinajstić information content (AvgIpc) is 2.78. The number of nitriles is 1. The first kappa shape index (κ1) is 24.9. The van der Waals surface area contributed by atoms with Crippen LogP contribution in [0, 0.1) is 11.3 Å². The van der Waals surface area contributed by atoms with E-state index in [1.165, 1.54) is 47.1 Å². The number of allylic oxidation sites excluding steroid dienone is 1. The summed E-state index contributed by atoms with van der Waals surface area (Å²) in [6, 6.07) is 17.4. The van der Waals surface area contributed by atoms with Gasteiger partial charge in [-0.25, -0.2) is 0 Å². The van der Waals surface area contributed by atoms with Crippen molar-refractivity contribution in [1.29, 1.82) is 5.26 Å². The van der Waals surface area contributed by atoms with Crippen LogP contribution in [0.25, 0.3) is 11.1 Å². The van der Waals surface area contributed by atoms with Crippen LogP contribution in [0.3, 0.4) is 0 Å². The highest BCUT2D eigenvalue weighted by atomic mass is 16.5. The largest absolute Gasteiger partial charge is 0.374 e. The van der Waals surface area contributed by atoms with E-state index in [4.69, 9.17) is 4.74 Å². The fraction of sp³-hybridized carbons (Fsp3) is 0.483. The van der Waals surface area contributed by atoms with E-state index in [-0.39, 0.29) is 6.10 Å². The molecule has 0 heterocycles. The minimum absolute atomic E-state index is 0.277. The minimum Gasteiger partial charge on any atom is -0.374 e. The predicted octanol–water partition coefficient (Wildman–Crippen LogP) is 8.04. The highest BCUT2D eigenvalue weighted by molar-refractivity contribution is 5.68. The molecule has 0 radical (unpaired) electrons. The molecule has 31 heavy (non-hydrogen) atoms. The van der Waals surface area contributed by atoms with Gasteiger partial charge in [-0.05, 0) is 93.7 Å². The lowest BCUT2D eigenvalue weighted by Gasteiger charge is -2.12. The third kappa shape index (κ3) is 9.11. The fourth-order valence-corrected chi connectivity index (χ4v) is 3.75. The highest BCUT2D eigenvalue weighted by Gasteiger charge is 2.07. The van der Waals surface area contributed by atoms with Crippen molar-refractivity contribution in [3.8, 4) is 17.2 Å². The van der Waals surface area contributed by atoms with Gasteiger partial charge in [-0.2, -0.15) is 5.26 Å². The monoisotopic (exact) mass is 417 g/mol. The maximum absolute atomic E-state index is 9.35. The molecule has 2 heteroatoms. The van der Waals surface area contributed by atoms with Gasteiger partial charge in [-0.15, -0.1) is 0 Å². The van der Waals surface area contributed by atoms with Gasteiger partial charge in [0.05, 0.1) is 24.3 Å². The van der Waals surface area contributed by atoms with Crippen LogP contribution in [0.4, 0.5) is 0 Å². The topological polar surface area (TPSA) is 33.0 Å². The van der Waals surface area contributed by atoms with Gasteiger partial charge in [0.1, 0.15) is 0 Å². The molecule has 0 spiro atoms. The van der Waals surface area contributed by atoms with Crippen molar-refractivity contribution in [2.45, 2.75) is 85.2 Å². The number of rotatable bonds is 13. The summed E-state index contributed by atoms with van der Waals surface area (Å²) in [6.07, 6.45) is 11.9. The zero-order valence-corrected chi connectivity index (χ0v) is 19.9. The number of nitrogens with zero attached hydrogens (tertiary/aromatic N) is 1. The highest BCUT2D eigenvalue weighted by Crippen LogP contribution is 2.27. The summed E-state index contributed by atoms with van der Waals surface area (Å²) in [4.78, 5) is 0. The number of hydrogen-bond acceptors (Lipinski definition) is 2. The lowest BCUT2D eigenvalue weighted by Crippen LogP contribution is -2.04. The fourth-order valence-electron chi connectivity index (χ4n) is 3.75. The molecule has 0 atom stereocenters. The number of unbranched alkanes of at least 4 members (excludes halogenated alkanes) is 4. The maximum atomic E-state index is 9.35. The Kier molecular flexibility index (Phi) is 11.1. The molecule has 0 fully saturated rings. The molecule has 0 aliphatic carbocycles. The Labute approximate surface area is 190 Å². The predicted molar refractivity (Wildman–Crippen MR) is 132 cm³/mol. The smallest absolute Gasteiger partial charge is 0.0991 e. The molecule has 2 rings (SSSR count). The van der Waals surface area contributed by atoms with E-state index in [0.29, 0.717) is 0 Å². The Morgan fingerprint density at radius 2 is 1.74 bits per heavy atom. The number of hydrogen-bond donors (Lipinski definition) is 0. The van der Waals surface area contributed by atoms with E-state index in [1.54, 1.807) is 0 Å². The van der Waals surface area contributed by atoms with Gasteiger partial charge in [0.25, 0.3) is 0 Å². The van der Waals surface area contributed by atoms with Crippen molar-refractivity contribution in [2.24, 2.45) is 0 Å². The Hall–Kier alpha value is -2.37. The molecule has 0 aromatic heterocycles. The molecule has 0 saturated heterocycles. The number of ether oxygens (including phenoxy) is 1. The second-order valence-corrected chi connectivity index (χ2v) is 8.79. The van der Waals surface area contributed by atoms with Crippen LogP contribution in [0.15, 0.2) is 54.1 Å². The first-order valence-corrected chi connectivity index (χ1v) is 11.9. The van der Waals surface area contributed by atoms with E-state index in [9.17, 15) is 5.26 Å². The Morgan fingerprint density at radius 1 is 1.00 bits per heavy atom. The Morgan fingerprint density at radius 3 is 2.42 bits per heavy atom. The van der Waals surface area contributed by atoms with E-state index in [1.807, 2.05) is 6.07 Å². The molecule has 0 N–H and O–H groups in total. The van der Waals surface area contributed by atoms with Crippen molar-refractivity contribution in [2.75, 3.05) is 6.61 Å². The Bertz CT molecular complexity index is 855. The summed E-state index contributed by atoms with van der Waals surface area (Å²) in [5, 5.41) is 9.35. The standard InChI is InChI=1S/C29H39NO/c1-5-6-8-12-25-14-17-27(18-15-25)29-19-16-26(21-30)20-28(29)13-10-7-9-11-24(4)22-31-23(2)3/h11,14-20,23H,5-10,12-13,22H2,1-4H3/b24-11+. The van der Waals surface area contributed by atoms with Gasteiger partial charge in [0, 0.05) is 0 Å². The molecule has 0 aliphatic rings. The minimum atomic E-state index is 0.277. The van der Waals surface area contributed by atoms with E-state index < -0.39 is 0 Å². The molecule has 0 saturated carbocycles. The molecule has 2 nitrogen and oxygen atoms in total. The Balaban J connectivity index is 1.98.